The fourth-order valence-corrected chi connectivity index (χ4v) is 3.72. The van der Waals surface area contributed by atoms with Crippen molar-refractivity contribution in [3.8, 4) is 5.75 Å². The van der Waals surface area contributed by atoms with Crippen LogP contribution in [0.25, 0.3) is 10.9 Å². The first-order valence-corrected chi connectivity index (χ1v) is 8.87. The Morgan fingerprint density at radius 1 is 1.00 bits per heavy atom. The molecule has 0 aliphatic rings. The van der Waals surface area contributed by atoms with E-state index in [1.165, 1.54) is 27.7 Å². The molecule has 0 aliphatic carbocycles. The molecule has 0 aliphatic heterocycles. The zero-order valence-corrected chi connectivity index (χ0v) is 15.1. The number of hydrogen-bond donors (Lipinski definition) is 1. The summed E-state index contributed by atoms with van der Waals surface area (Å²) in [7, 11) is 1.71. The minimum absolute atomic E-state index is 0.205. The molecule has 0 fully saturated rings. The van der Waals surface area contributed by atoms with Gasteiger partial charge in [-0.15, -0.1) is 0 Å². The Labute approximate surface area is 153 Å². The number of H-pyrrole nitrogens is 1. The molecule has 1 atom stereocenters. The second kappa shape index (κ2) is 7.04. The number of aromatic nitrogens is 2. The fraction of sp³-hybridized carbons (Fsp3) is 0.174. The SMILES string of the molecule is COc1cccc(C(Cc2ccccn2)c2c(C)[nH]c3ccccc23)c1. The molecule has 1 N–H and O–H groups in total. The van der Waals surface area contributed by atoms with Crippen molar-refractivity contribution in [2.75, 3.05) is 7.11 Å². The van der Waals surface area contributed by atoms with Crippen molar-refractivity contribution in [3.05, 3.63) is 95.4 Å². The molecule has 2 aromatic heterocycles. The number of rotatable bonds is 5. The van der Waals surface area contributed by atoms with Gasteiger partial charge in [-0.3, -0.25) is 4.98 Å². The van der Waals surface area contributed by atoms with Crippen LogP contribution in [0.15, 0.2) is 72.9 Å². The maximum absolute atomic E-state index is 5.47. The molecule has 0 saturated heterocycles. The molecule has 26 heavy (non-hydrogen) atoms. The predicted octanol–water partition coefficient (Wildman–Crippen LogP) is 5.25. The van der Waals surface area contributed by atoms with E-state index in [0.717, 1.165) is 17.9 Å². The van der Waals surface area contributed by atoms with Crippen LogP contribution in [0.1, 0.15) is 28.4 Å². The third-order valence-electron chi connectivity index (χ3n) is 4.93. The molecule has 3 heteroatoms. The van der Waals surface area contributed by atoms with E-state index >= 15 is 0 Å². The first-order valence-electron chi connectivity index (χ1n) is 8.87. The molecular weight excluding hydrogens is 320 g/mol. The molecule has 0 spiro atoms. The number of fused-ring (bicyclic) bond motifs is 1. The summed E-state index contributed by atoms with van der Waals surface area (Å²) >= 11 is 0. The Bertz CT molecular complexity index is 1020. The lowest BCUT2D eigenvalue weighted by Gasteiger charge is -2.19. The lowest BCUT2D eigenvalue weighted by Crippen LogP contribution is -2.07. The first kappa shape index (κ1) is 16.4. The van der Waals surface area contributed by atoms with Gasteiger partial charge in [0.1, 0.15) is 5.75 Å². The second-order valence-electron chi connectivity index (χ2n) is 6.56. The van der Waals surface area contributed by atoms with Gasteiger partial charge in [0.05, 0.1) is 7.11 Å². The number of ether oxygens (including phenoxy) is 1. The van der Waals surface area contributed by atoms with E-state index in [2.05, 4.69) is 65.4 Å². The smallest absolute Gasteiger partial charge is 0.119 e. The van der Waals surface area contributed by atoms with Gasteiger partial charge in [-0.1, -0.05) is 36.4 Å². The van der Waals surface area contributed by atoms with Crippen LogP contribution in [0.2, 0.25) is 0 Å². The van der Waals surface area contributed by atoms with Crippen molar-refractivity contribution < 1.29 is 4.74 Å². The summed E-state index contributed by atoms with van der Waals surface area (Å²) in [6.45, 7) is 2.15. The highest BCUT2D eigenvalue weighted by Gasteiger charge is 2.22. The van der Waals surface area contributed by atoms with E-state index in [9.17, 15) is 0 Å². The van der Waals surface area contributed by atoms with Crippen molar-refractivity contribution in [3.63, 3.8) is 0 Å². The maximum Gasteiger partial charge on any atom is 0.119 e. The van der Waals surface area contributed by atoms with Gasteiger partial charge < -0.3 is 9.72 Å². The number of aromatic amines is 1. The molecule has 0 saturated carbocycles. The summed E-state index contributed by atoms with van der Waals surface area (Å²) in [5.41, 5.74) is 6.04. The predicted molar refractivity (Wildman–Crippen MR) is 106 cm³/mol. The van der Waals surface area contributed by atoms with Crippen molar-refractivity contribution in [2.45, 2.75) is 19.3 Å². The Kier molecular flexibility index (Phi) is 4.44. The van der Waals surface area contributed by atoms with Crippen molar-refractivity contribution in [1.82, 2.24) is 9.97 Å². The summed E-state index contributed by atoms with van der Waals surface area (Å²) in [4.78, 5) is 8.10. The number of benzene rings is 2. The maximum atomic E-state index is 5.47. The van der Waals surface area contributed by atoms with E-state index in [-0.39, 0.29) is 5.92 Å². The number of hydrogen-bond acceptors (Lipinski definition) is 2. The van der Waals surface area contributed by atoms with Crippen LogP contribution in [-0.4, -0.2) is 17.1 Å². The van der Waals surface area contributed by atoms with Crippen LogP contribution in [0.5, 0.6) is 5.75 Å². The summed E-state index contributed by atoms with van der Waals surface area (Å²) in [5, 5.41) is 1.27. The first-order chi connectivity index (χ1) is 12.8. The van der Waals surface area contributed by atoms with Crippen molar-refractivity contribution in [2.24, 2.45) is 0 Å². The normalized spacial score (nSPS) is 12.2. The van der Waals surface area contributed by atoms with E-state index in [1.54, 1.807) is 7.11 Å². The van der Waals surface area contributed by atoms with Crippen LogP contribution < -0.4 is 4.74 Å². The lowest BCUT2D eigenvalue weighted by atomic mass is 9.85. The highest BCUT2D eigenvalue weighted by Crippen LogP contribution is 2.36. The van der Waals surface area contributed by atoms with Crippen molar-refractivity contribution in [1.29, 1.82) is 0 Å². The second-order valence-corrected chi connectivity index (χ2v) is 6.56. The highest BCUT2D eigenvalue weighted by atomic mass is 16.5. The average molecular weight is 342 g/mol. The Morgan fingerprint density at radius 2 is 1.85 bits per heavy atom. The number of aryl methyl sites for hydroxylation is 1. The van der Waals surface area contributed by atoms with E-state index in [0.29, 0.717) is 0 Å². The molecule has 4 aromatic rings. The van der Waals surface area contributed by atoms with Crippen LogP contribution >= 0.6 is 0 Å². The van der Waals surface area contributed by atoms with Gasteiger partial charge >= 0.3 is 0 Å². The lowest BCUT2D eigenvalue weighted by molar-refractivity contribution is 0.414. The molecular formula is C23H22N2O. The van der Waals surface area contributed by atoms with Gasteiger partial charge in [-0.05, 0) is 48.4 Å². The summed E-state index contributed by atoms with van der Waals surface area (Å²) in [5.74, 6) is 1.09. The van der Waals surface area contributed by atoms with Crippen molar-refractivity contribution >= 4 is 10.9 Å². The van der Waals surface area contributed by atoms with Crippen LogP contribution in [0.4, 0.5) is 0 Å². The van der Waals surface area contributed by atoms with E-state index in [1.807, 2.05) is 24.4 Å². The van der Waals surface area contributed by atoms with Crippen LogP contribution in [0, 0.1) is 6.92 Å². The summed E-state index contributed by atoms with van der Waals surface area (Å²) < 4.78 is 5.47. The van der Waals surface area contributed by atoms with E-state index in [4.69, 9.17) is 4.74 Å². The number of nitrogens with zero attached hydrogens (tertiary/aromatic N) is 1. The van der Waals surface area contributed by atoms with Gasteiger partial charge in [-0.25, -0.2) is 0 Å². The number of para-hydroxylation sites is 1. The quantitative estimate of drug-likeness (QED) is 0.537. The minimum atomic E-state index is 0.205. The topological polar surface area (TPSA) is 37.9 Å². The number of pyridine rings is 1. The molecule has 0 amide bonds. The van der Waals surface area contributed by atoms with Gasteiger partial charge in [0, 0.05) is 40.8 Å². The molecule has 130 valence electrons. The van der Waals surface area contributed by atoms with Gasteiger partial charge in [0.15, 0.2) is 0 Å². The third kappa shape index (κ3) is 3.08. The molecule has 3 nitrogen and oxygen atoms in total. The fourth-order valence-electron chi connectivity index (χ4n) is 3.72. The Balaban J connectivity index is 1.88. The highest BCUT2D eigenvalue weighted by molar-refractivity contribution is 5.85. The molecule has 2 aromatic carbocycles. The molecule has 0 radical (unpaired) electrons. The largest absolute Gasteiger partial charge is 0.497 e. The summed E-state index contributed by atoms with van der Waals surface area (Å²) in [6, 6.07) is 23.0. The van der Waals surface area contributed by atoms with E-state index < -0.39 is 0 Å². The zero-order chi connectivity index (χ0) is 17.9. The van der Waals surface area contributed by atoms with Gasteiger partial charge in [0.25, 0.3) is 0 Å². The number of methoxy groups -OCH3 is 1. The van der Waals surface area contributed by atoms with Crippen LogP contribution in [0.3, 0.4) is 0 Å². The standard InChI is InChI=1S/C23H22N2O/c1-16-23(20-11-3-4-12-22(20)25-16)21(15-18-9-5-6-13-24-18)17-8-7-10-19(14-17)26-2/h3-14,21,25H,15H2,1-2H3. The average Bonchev–Trinajstić information content (AvgIpc) is 3.02. The Morgan fingerprint density at radius 3 is 2.65 bits per heavy atom. The Hall–Kier alpha value is -3.07. The molecule has 1 unspecified atom stereocenters. The number of nitrogens with one attached hydrogen (secondary N) is 1. The molecule has 2 heterocycles. The zero-order valence-electron chi connectivity index (χ0n) is 15.1. The summed E-state index contributed by atoms with van der Waals surface area (Å²) in [6.07, 6.45) is 2.71. The monoisotopic (exact) mass is 342 g/mol. The minimum Gasteiger partial charge on any atom is -0.497 e. The molecule has 0 bridgehead atoms. The van der Waals surface area contributed by atoms with Crippen LogP contribution in [-0.2, 0) is 6.42 Å². The molecule has 4 rings (SSSR count). The van der Waals surface area contributed by atoms with Gasteiger partial charge in [-0.2, -0.15) is 0 Å². The third-order valence-corrected chi connectivity index (χ3v) is 4.93. The van der Waals surface area contributed by atoms with Gasteiger partial charge in [0.2, 0.25) is 0 Å².